The van der Waals surface area contributed by atoms with Gasteiger partial charge in [0.25, 0.3) is 5.60 Å². The molecular weight excluding hydrogens is 494 g/mol. The SMILES string of the molecule is Cc1oc(-c2ccc(C(=O)O)cc2)nc1CC1c2cc(C(O)(C(F)(F)F)C(F)(F)F)ccc2NC1C. The van der Waals surface area contributed by atoms with E-state index in [-0.39, 0.29) is 29.5 Å². The number of hydrogen-bond donors (Lipinski definition) is 3. The highest BCUT2D eigenvalue weighted by Crippen LogP contribution is 2.51. The summed E-state index contributed by atoms with van der Waals surface area (Å²) in [6.45, 7) is 3.35. The number of oxazole rings is 1. The van der Waals surface area contributed by atoms with Gasteiger partial charge in [-0.3, -0.25) is 0 Å². The number of aryl methyl sites for hydroxylation is 1. The summed E-state index contributed by atoms with van der Waals surface area (Å²) in [5.74, 6) is -1.09. The van der Waals surface area contributed by atoms with E-state index in [9.17, 15) is 36.2 Å². The molecule has 1 aliphatic heterocycles. The molecule has 0 saturated carbocycles. The summed E-state index contributed by atoms with van der Waals surface area (Å²) in [6, 6.07) is 7.84. The van der Waals surface area contributed by atoms with E-state index in [1.807, 2.05) is 0 Å². The largest absolute Gasteiger partial charge is 0.478 e. The van der Waals surface area contributed by atoms with Gasteiger partial charge >= 0.3 is 18.3 Å². The lowest BCUT2D eigenvalue weighted by molar-refractivity contribution is -0.376. The van der Waals surface area contributed by atoms with Gasteiger partial charge in [0, 0.05) is 35.2 Å². The zero-order valence-electron chi connectivity index (χ0n) is 18.8. The molecule has 1 aliphatic rings. The van der Waals surface area contributed by atoms with E-state index in [2.05, 4.69) is 10.3 Å². The Balaban J connectivity index is 1.68. The Labute approximate surface area is 200 Å². The van der Waals surface area contributed by atoms with Crippen molar-refractivity contribution >= 4 is 11.7 Å². The predicted molar refractivity (Wildman–Crippen MR) is 116 cm³/mol. The second-order valence-electron chi connectivity index (χ2n) is 8.66. The summed E-state index contributed by atoms with van der Waals surface area (Å²) < 4.78 is 86.1. The lowest BCUT2D eigenvalue weighted by Gasteiger charge is -2.33. The number of nitrogens with one attached hydrogen (secondary N) is 1. The highest BCUT2D eigenvalue weighted by molar-refractivity contribution is 5.88. The first kappa shape index (κ1) is 25.5. The van der Waals surface area contributed by atoms with Gasteiger partial charge in [0.05, 0.1) is 11.3 Å². The van der Waals surface area contributed by atoms with Crippen molar-refractivity contribution in [3.8, 4) is 11.5 Å². The van der Waals surface area contributed by atoms with Gasteiger partial charge in [-0.25, -0.2) is 9.78 Å². The van der Waals surface area contributed by atoms with E-state index in [0.717, 1.165) is 12.1 Å². The molecule has 36 heavy (non-hydrogen) atoms. The molecule has 0 saturated heterocycles. The van der Waals surface area contributed by atoms with Gasteiger partial charge in [0.1, 0.15) is 5.76 Å². The molecule has 0 spiro atoms. The van der Waals surface area contributed by atoms with Crippen molar-refractivity contribution < 1.29 is 45.8 Å². The molecule has 6 nitrogen and oxygen atoms in total. The molecule has 0 aliphatic carbocycles. The second-order valence-corrected chi connectivity index (χ2v) is 8.66. The van der Waals surface area contributed by atoms with Gasteiger partial charge in [-0.05, 0) is 55.8 Å². The first-order valence-corrected chi connectivity index (χ1v) is 10.7. The third-order valence-electron chi connectivity index (χ3n) is 6.36. The van der Waals surface area contributed by atoms with Crippen LogP contribution in [0.2, 0.25) is 0 Å². The summed E-state index contributed by atoms with van der Waals surface area (Å²) in [4.78, 5) is 15.5. The lowest BCUT2D eigenvalue weighted by atomic mass is 9.85. The Hall–Kier alpha value is -3.54. The van der Waals surface area contributed by atoms with Gasteiger partial charge in [-0.2, -0.15) is 26.3 Å². The smallest absolute Gasteiger partial charge is 0.430 e. The molecule has 2 aromatic carbocycles. The summed E-state index contributed by atoms with van der Waals surface area (Å²) in [7, 11) is 0. The normalized spacial score (nSPS) is 18.1. The molecule has 0 radical (unpaired) electrons. The molecule has 3 N–H and O–H groups in total. The minimum absolute atomic E-state index is 0.0678. The Kier molecular flexibility index (Phi) is 6.06. The van der Waals surface area contributed by atoms with Gasteiger partial charge in [0.2, 0.25) is 5.89 Å². The maximum atomic E-state index is 13.4. The monoisotopic (exact) mass is 514 g/mol. The van der Waals surface area contributed by atoms with Crippen molar-refractivity contribution in [3.05, 3.63) is 70.6 Å². The first-order chi connectivity index (χ1) is 16.6. The van der Waals surface area contributed by atoms with E-state index in [4.69, 9.17) is 9.52 Å². The van der Waals surface area contributed by atoms with Crippen molar-refractivity contribution in [1.29, 1.82) is 0 Å². The van der Waals surface area contributed by atoms with Crippen LogP contribution in [0.5, 0.6) is 0 Å². The first-order valence-electron chi connectivity index (χ1n) is 10.7. The Morgan fingerprint density at radius 1 is 1.06 bits per heavy atom. The van der Waals surface area contributed by atoms with Crippen LogP contribution in [0.15, 0.2) is 46.9 Å². The highest BCUT2D eigenvalue weighted by Gasteiger charge is 2.71. The summed E-state index contributed by atoms with van der Waals surface area (Å²) in [6.07, 6.45) is -11.8. The standard InChI is InChI=1S/C24H20F6N2O4/c1-11-16(10-19-12(2)36-20(32-19)13-3-5-14(6-4-13)21(33)34)17-9-15(7-8-18(17)31-11)22(35,23(25,26)27)24(28,29)30/h3-9,11,16,31,35H,10H2,1-2H3,(H,33,34). The molecule has 2 unspecified atom stereocenters. The molecule has 2 heterocycles. The number of aromatic nitrogens is 1. The number of carboxylic acid groups (broad SMARTS) is 1. The molecule has 12 heteroatoms. The number of anilines is 1. The number of aromatic carboxylic acids is 1. The number of rotatable bonds is 5. The number of halogens is 6. The van der Waals surface area contributed by atoms with Crippen molar-refractivity contribution in [2.45, 2.75) is 50.2 Å². The number of carboxylic acids is 1. The fourth-order valence-electron chi connectivity index (χ4n) is 4.32. The summed E-state index contributed by atoms with van der Waals surface area (Å²) in [5.41, 5.74) is -4.81. The lowest BCUT2D eigenvalue weighted by Crippen LogP contribution is -2.53. The quantitative estimate of drug-likeness (QED) is 0.373. The number of benzene rings is 2. The van der Waals surface area contributed by atoms with Crippen LogP contribution in [0.1, 0.15) is 45.8 Å². The molecule has 0 bridgehead atoms. The van der Waals surface area contributed by atoms with Crippen molar-refractivity contribution in [2.24, 2.45) is 0 Å². The van der Waals surface area contributed by atoms with Crippen molar-refractivity contribution in [1.82, 2.24) is 4.98 Å². The van der Waals surface area contributed by atoms with Crippen LogP contribution < -0.4 is 5.32 Å². The van der Waals surface area contributed by atoms with E-state index in [0.29, 0.717) is 28.8 Å². The van der Waals surface area contributed by atoms with Gasteiger partial charge in [-0.1, -0.05) is 6.07 Å². The fraction of sp³-hybridized carbons (Fsp3) is 0.333. The minimum atomic E-state index is -5.99. The number of nitrogens with zero attached hydrogens (tertiary/aromatic N) is 1. The van der Waals surface area contributed by atoms with Crippen LogP contribution >= 0.6 is 0 Å². The van der Waals surface area contributed by atoms with E-state index in [1.165, 1.54) is 24.3 Å². The zero-order valence-corrected chi connectivity index (χ0v) is 18.8. The van der Waals surface area contributed by atoms with Gasteiger partial charge in [0.15, 0.2) is 0 Å². The van der Waals surface area contributed by atoms with E-state index < -0.39 is 35.4 Å². The molecule has 192 valence electrons. The number of aliphatic hydroxyl groups is 1. The Morgan fingerprint density at radius 3 is 2.22 bits per heavy atom. The molecule has 1 aromatic heterocycles. The Morgan fingerprint density at radius 2 is 1.67 bits per heavy atom. The number of hydrogen-bond acceptors (Lipinski definition) is 5. The van der Waals surface area contributed by atoms with E-state index in [1.54, 1.807) is 13.8 Å². The topological polar surface area (TPSA) is 95.6 Å². The number of fused-ring (bicyclic) bond motifs is 1. The molecular formula is C24H20F6N2O4. The molecule has 3 aromatic rings. The van der Waals surface area contributed by atoms with E-state index >= 15 is 0 Å². The van der Waals surface area contributed by atoms with Gasteiger partial charge in [-0.15, -0.1) is 0 Å². The highest BCUT2D eigenvalue weighted by atomic mass is 19.4. The third-order valence-corrected chi connectivity index (χ3v) is 6.36. The van der Waals surface area contributed by atoms with Crippen LogP contribution in [0.4, 0.5) is 32.0 Å². The second kappa shape index (κ2) is 8.54. The maximum absolute atomic E-state index is 13.4. The van der Waals surface area contributed by atoms with Crippen LogP contribution in [0.25, 0.3) is 11.5 Å². The fourth-order valence-corrected chi connectivity index (χ4v) is 4.32. The van der Waals surface area contributed by atoms with Crippen LogP contribution in [0.3, 0.4) is 0 Å². The zero-order chi connectivity index (χ0) is 26.6. The van der Waals surface area contributed by atoms with Crippen LogP contribution in [-0.2, 0) is 12.0 Å². The Bertz CT molecular complexity index is 1280. The predicted octanol–water partition coefficient (Wildman–Crippen LogP) is 5.80. The average molecular weight is 514 g/mol. The van der Waals surface area contributed by atoms with Crippen LogP contribution in [0, 0.1) is 6.92 Å². The molecule has 0 amide bonds. The summed E-state index contributed by atoms with van der Waals surface area (Å²) in [5, 5.41) is 21.9. The summed E-state index contributed by atoms with van der Waals surface area (Å²) >= 11 is 0. The van der Waals surface area contributed by atoms with Crippen LogP contribution in [-0.4, -0.2) is 39.6 Å². The molecule has 0 fully saturated rings. The average Bonchev–Trinajstić information content (AvgIpc) is 3.30. The molecule has 4 rings (SSSR count). The third kappa shape index (κ3) is 4.19. The minimum Gasteiger partial charge on any atom is -0.478 e. The van der Waals surface area contributed by atoms with Crippen molar-refractivity contribution in [3.63, 3.8) is 0 Å². The maximum Gasteiger partial charge on any atom is 0.430 e. The van der Waals surface area contributed by atoms with Gasteiger partial charge < -0.3 is 19.9 Å². The number of alkyl halides is 6. The number of carbonyl (C=O) groups is 1. The van der Waals surface area contributed by atoms with Crippen molar-refractivity contribution in [2.75, 3.05) is 5.32 Å². The molecule has 2 atom stereocenters.